The lowest BCUT2D eigenvalue weighted by atomic mass is 9.91. The van der Waals surface area contributed by atoms with Crippen molar-refractivity contribution in [2.75, 3.05) is 11.9 Å². The normalized spacial score (nSPS) is 26.6. The third-order valence-corrected chi connectivity index (χ3v) is 4.87. The van der Waals surface area contributed by atoms with E-state index in [1.54, 1.807) is 11.3 Å². The molecule has 0 spiro atoms. The maximum Gasteiger partial charge on any atom is 0.246 e. The fraction of sp³-hybridized carbons (Fsp3) is 0.714. The van der Waals surface area contributed by atoms with Gasteiger partial charge < -0.3 is 10.6 Å². The summed E-state index contributed by atoms with van der Waals surface area (Å²) in [6, 6.07) is 0. The minimum absolute atomic E-state index is 0.101. The van der Waals surface area contributed by atoms with Crippen molar-refractivity contribution in [3.63, 3.8) is 0 Å². The van der Waals surface area contributed by atoms with Gasteiger partial charge in [0.2, 0.25) is 5.91 Å². The Morgan fingerprint density at radius 3 is 3.11 bits per heavy atom. The molecule has 2 aliphatic rings. The minimum atomic E-state index is -0.361. The Kier molecular flexibility index (Phi) is 3.58. The summed E-state index contributed by atoms with van der Waals surface area (Å²) in [7, 11) is 0. The molecule has 1 aliphatic heterocycles. The first-order chi connectivity index (χ1) is 9.23. The molecule has 19 heavy (non-hydrogen) atoms. The van der Waals surface area contributed by atoms with Crippen LogP contribution in [0, 0.1) is 0 Å². The number of thiazole rings is 1. The van der Waals surface area contributed by atoms with E-state index in [0.29, 0.717) is 5.92 Å². The molecule has 104 valence electrons. The van der Waals surface area contributed by atoms with E-state index < -0.39 is 0 Å². The van der Waals surface area contributed by atoms with Crippen molar-refractivity contribution in [3.8, 4) is 0 Å². The van der Waals surface area contributed by atoms with E-state index in [0.717, 1.165) is 43.1 Å². The van der Waals surface area contributed by atoms with E-state index >= 15 is 0 Å². The molecule has 4 nitrogen and oxygen atoms in total. The Bertz CT molecular complexity index is 461. The Balaban J connectivity index is 1.68. The number of anilines is 1. The average molecular weight is 279 g/mol. The fourth-order valence-electron chi connectivity index (χ4n) is 2.88. The fourth-order valence-corrected chi connectivity index (χ4v) is 3.67. The van der Waals surface area contributed by atoms with E-state index in [1.165, 1.54) is 12.8 Å². The highest BCUT2D eigenvalue weighted by atomic mass is 32.1. The van der Waals surface area contributed by atoms with Crippen LogP contribution in [0.2, 0.25) is 0 Å². The second-order valence-electron chi connectivity index (χ2n) is 5.67. The van der Waals surface area contributed by atoms with Crippen LogP contribution >= 0.6 is 11.3 Å². The molecule has 1 unspecified atom stereocenters. The van der Waals surface area contributed by atoms with Gasteiger partial charge in [-0.25, -0.2) is 4.98 Å². The zero-order valence-electron chi connectivity index (χ0n) is 11.4. The van der Waals surface area contributed by atoms with Crippen LogP contribution in [-0.4, -0.2) is 23.0 Å². The number of nitrogens with zero attached hydrogens (tertiary/aromatic N) is 1. The topological polar surface area (TPSA) is 54.0 Å². The molecule has 3 rings (SSSR count). The molecule has 1 saturated carbocycles. The first-order valence-corrected chi connectivity index (χ1v) is 8.13. The van der Waals surface area contributed by atoms with Crippen molar-refractivity contribution >= 4 is 22.4 Å². The van der Waals surface area contributed by atoms with Gasteiger partial charge in [-0.05, 0) is 38.6 Å². The summed E-state index contributed by atoms with van der Waals surface area (Å²) in [6.07, 6.45) is 6.44. The SMILES string of the molecule is CCCC1(C(=O)Nc2nc(C3CC3)cs2)CCCN1. The Labute approximate surface area is 118 Å². The zero-order chi connectivity index (χ0) is 13.3. The number of hydrogen-bond donors (Lipinski definition) is 2. The molecule has 0 radical (unpaired) electrons. The van der Waals surface area contributed by atoms with E-state index in [2.05, 4.69) is 27.9 Å². The lowest BCUT2D eigenvalue weighted by Crippen LogP contribution is -2.50. The van der Waals surface area contributed by atoms with Gasteiger partial charge in [0, 0.05) is 11.3 Å². The number of hydrogen-bond acceptors (Lipinski definition) is 4. The first kappa shape index (κ1) is 13.1. The highest BCUT2D eigenvalue weighted by molar-refractivity contribution is 7.14. The van der Waals surface area contributed by atoms with Crippen molar-refractivity contribution in [1.29, 1.82) is 0 Å². The summed E-state index contributed by atoms with van der Waals surface area (Å²) in [5.74, 6) is 0.750. The molecule has 2 N–H and O–H groups in total. The van der Waals surface area contributed by atoms with Gasteiger partial charge in [0.05, 0.1) is 11.2 Å². The van der Waals surface area contributed by atoms with Crippen LogP contribution in [0.1, 0.15) is 57.1 Å². The number of nitrogens with one attached hydrogen (secondary N) is 2. The largest absolute Gasteiger partial charge is 0.303 e. The number of amides is 1. The van der Waals surface area contributed by atoms with Crippen LogP contribution in [-0.2, 0) is 4.79 Å². The number of rotatable bonds is 5. The molecular formula is C14H21N3OS. The standard InChI is InChI=1S/C14H21N3OS/c1-2-6-14(7-3-8-15-14)12(18)17-13-16-11(9-19-13)10-4-5-10/h9-10,15H,2-8H2,1H3,(H,16,17,18). The van der Waals surface area contributed by atoms with E-state index in [4.69, 9.17) is 0 Å². The van der Waals surface area contributed by atoms with Crippen LogP contribution in [0.3, 0.4) is 0 Å². The third kappa shape index (κ3) is 2.67. The van der Waals surface area contributed by atoms with Gasteiger partial charge in [0.1, 0.15) is 0 Å². The minimum Gasteiger partial charge on any atom is -0.303 e. The summed E-state index contributed by atoms with van der Waals surface area (Å²) in [5, 5.41) is 9.26. The highest BCUT2D eigenvalue weighted by Gasteiger charge is 2.40. The summed E-state index contributed by atoms with van der Waals surface area (Å²) < 4.78 is 0. The Hall–Kier alpha value is -0.940. The van der Waals surface area contributed by atoms with E-state index in [1.807, 2.05) is 0 Å². The number of aromatic nitrogens is 1. The molecule has 1 aliphatic carbocycles. The summed E-state index contributed by atoms with van der Waals surface area (Å²) in [4.78, 5) is 17.0. The molecule has 1 amide bonds. The summed E-state index contributed by atoms with van der Waals surface area (Å²) in [6.45, 7) is 3.07. The van der Waals surface area contributed by atoms with Crippen LogP contribution in [0.5, 0.6) is 0 Å². The summed E-state index contributed by atoms with van der Waals surface area (Å²) in [5.41, 5.74) is 0.796. The van der Waals surface area contributed by atoms with Gasteiger partial charge in [-0.15, -0.1) is 11.3 Å². The van der Waals surface area contributed by atoms with E-state index in [-0.39, 0.29) is 11.4 Å². The lowest BCUT2D eigenvalue weighted by molar-refractivity contribution is -0.122. The predicted octanol–water partition coefficient (Wildman–Crippen LogP) is 2.88. The van der Waals surface area contributed by atoms with Gasteiger partial charge in [0.25, 0.3) is 0 Å². The average Bonchev–Trinajstić information content (AvgIpc) is 2.96. The number of carbonyl (C=O) groups excluding carboxylic acids is 1. The van der Waals surface area contributed by atoms with Crippen molar-refractivity contribution in [1.82, 2.24) is 10.3 Å². The molecule has 2 fully saturated rings. The lowest BCUT2D eigenvalue weighted by Gasteiger charge is -2.27. The van der Waals surface area contributed by atoms with Gasteiger partial charge in [-0.2, -0.15) is 0 Å². The maximum absolute atomic E-state index is 12.5. The quantitative estimate of drug-likeness (QED) is 0.871. The second-order valence-corrected chi connectivity index (χ2v) is 6.53. The van der Waals surface area contributed by atoms with Crippen molar-refractivity contribution in [3.05, 3.63) is 11.1 Å². The Morgan fingerprint density at radius 2 is 2.47 bits per heavy atom. The van der Waals surface area contributed by atoms with Crippen molar-refractivity contribution in [2.45, 2.75) is 56.9 Å². The predicted molar refractivity (Wildman–Crippen MR) is 77.6 cm³/mol. The zero-order valence-corrected chi connectivity index (χ0v) is 12.2. The molecule has 0 aromatic carbocycles. The monoisotopic (exact) mass is 279 g/mol. The second kappa shape index (κ2) is 5.21. The molecule has 2 heterocycles. The highest BCUT2D eigenvalue weighted by Crippen LogP contribution is 2.41. The van der Waals surface area contributed by atoms with Crippen molar-refractivity contribution < 1.29 is 4.79 Å². The van der Waals surface area contributed by atoms with Crippen molar-refractivity contribution in [2.24, 2.45) is 0 Å². The molecule has 1 aromatic heterocycles. The molecule has 0 bridgehead atoms. The maximum atomic E-state index is 12.5. The van der Waals surface area contributed by atoms with Crippen LogP contribution < -0.4 is 10.6 Å². The molecular weight excluding hydrogens is 258 g/mol. The molecule has 1 saturated heterocycles. The van der Waals surface area contributed by atoms with Gasteiger partial charge in [-0.1, -0.05) is 13.3 Å². The third-order valence-electron chi connectivity index (χ3n) is 4.09. The summed E-state index contributed by atoms with van der Waals surface area (Å²) >= 11 is 1.55. The van der Waals surface area contributed by atoms with E-state index in [9.17, 15) is 4.79 Å². The van der Waals surface area contributed by atoms with Gasteiger partial charge in [-0.3, -0.25) is 4.79 Å². The molecule has 5 heteroatoms. The smallest absolute Gasteiger partial charge is 0.246 e. The molecule has 1 aromatic rings. The molecule has 1 atom stereocenters. The number of carbonyl (C=O) groups is 1. The van der Waals surface area contributed by atoms with Crippen LogP contribution in [0.15, 0.2) is 5.38 Å². The Morgan fingerprint density at radius 1 is 1.63 bits per heavy atom. The van der Waals surface area contributed by atoms with Crippen LogP contribution in [0.4, 0.5) is 5.13 Å². The van der Waals surface area contributed by atoms with Crippen LogP contribution in [0.25, 0.3) is 0 Å². The van der Waals surface area contributed by atoms with Gasteiger partial charge in [0.15, 0.2) is 5.13 Å². The first-order valence-electron chi connectivity index (χ1n) is 7.25. The van der Waals surface area contributed by atoms with Gasteiger partial charge >= 0.3 is 0 Å².